The number of aromatic amines is 1. The third-order valence-electron chi connectivity index (χ3n) is 1.44. The van der Waals surface area contributed by atoms with E-state index in [9.17, 15) is 4.79 Å². The summed E-state index contributed by atoms with van der Waals surface area (Å²) < 4.78 is 4.84. The first-order chi connectivity index (χ1) is 4.88. The maximum absolute atomic E-state index is 10.8. The van der Waals surface area contributed by atoms with Crippen LogP contribution in [0, 0.1) is 0 Å². The fourth-order valence-corrected chi connectivity index (χ4v) is 0.938. The van der Waals surface area contributed by atoms with Crippen molar-refractivity contribution in [2.24, 2.45) is 0 Å². The molecule has 1 aromatic rings. The molecule has 0 spiro atoms. The average molecular weight is 138 g/mol. The summed E-state index contributed by atoms with van der Waals surface area (Å²) in [6, 6.07) is 0. The number of fused-ring (bicyclic) bond motifs is 1. The Kier molecular flexibility index (Phi) is 0.943. The molecule has 0 unspecified atom stereocenters. The van der Waals surface area contributed by atoms with E-state index in [0.717, 1.165) is 0 Å². The fourth-order valence-electron chi connectivity index (χ4n) is 0.938. The van der Waals surface area contributed by atoms with Gasteiger partial charge in [0.2, 0.25) is 0 Å². The maximum Gasteiger partial charge on any atom is 0.287 e. The lowest BCUT2D eigenvalue weighted by atomic mass is 10.2. The SMILES string of the molecule is O=c1[nH]oc2c1C=CNC2. The first-order valence-electron chi connectivity index (χ1n) is 2.98. The van der Waals surface area contributed by atoms with Gasteiger partial charge in [0.1, 0.15) is 0 Å². The topological polar surface area (TPSA) is 58.0 Å². The predicted molar refractivity (Wildman–Crippen MR) is 35.2 cm³/mol. The van der Waals surface area contributed by atoms with Crippen LogP contribution < -0.4 is 10.9 Å². The van der Waals surface area contributed by atoms with E-state index >= 15 is 0 Å². The van der Waals surface area contributed by atoms with Crippen LogP contribution in [0.3, 0.4) is 0 Å². The molecule has 0 atom stereocenters. The van der Waals surface area contributed by atoms with Gasteiger partial charge in [-0.1, -0.05) is 0 Å². The molecular weight excluding hydrogens is 132 g/mol. The minimum absolute atomic E-state index is 0.159. The molecule has 0 saturated heterocycles. The highest BCUT2D eigenvalue weighted by Crippen LogP contribution is 2.07. The van der Waals surface area contributed by atoms with Crippen molar-refractivity contribution >= 4 is 6.08 Å². The molecule has 0 fully saturated rings. The fraction of sp³-hybridized carbons (Fsp3) is 0.167. The van der Waals surface area contributed by atoms with Crippen molar-refractivity contribution in [1.82, 2.24) is 10.5 Å². The number of rotatable bonds is 0. The molecule has 2 heterocycles. The lowest BCUT2D eigenvalue weighted by molar-refractivity contribution is 0.373. The molecule has 4 nitrogen and oxygen atoms in total. The molecule has 1 aliphatic heterocycles. The summed E-state index contributed by atoms with van der Waals surface area (Å²) in [5, 5.41) is 5.18. The van der Waals surface area contributed by atoms with E-state index in [1.165, 1.54) is 0 Å². The first-order valence-corrected chi connectivity index (χ1v) is 2.98. The Morgan fingerprint density at radius 2 is 2.50 bits per heavy atom. The predicted octanol–water partition coefficient (Wildman–Crippen LogP) is 0.0418. The molecule has 0 aromatic carbocycles. The highest BCUT2D eigenvalue weighted by atomic mass is 16.5. The van der Waals surface area contributed by atoms with Gasteiger partial charge in [0.15, 0.2) is 5.76 Å². The second kappa shape index (κ2) is 1.76. The van der Waals surface area contributed by atoms with E-state index in [1.807, 2.05) is 0 Å². The van der Waals surface area contributed by atoms with Crippen LogP contribution in [-0.2, 0) is 6.54 Å². The Morgan fingerprint density at radius 3 is 3.30 bits per heavy atom. The first kappa shape index (κ1) is 5.34. The Hall–Kier alpha value is -1.45. The third kappa shape index (κ3) is 0.586. The number of aromatic nitrogens is 1. The van der Waals surface area contributed by atoms with Crippen molar-refractivity contribution in [1.29, 1.82) is 0 Å². The van der Waals surface area contributed by atoms with Gasteiger partial charge in [-0.25, -0.2) is 0 Å². The minimum Gasteiger partial charge on any atom is -0.383 e. The molecule has 0 saturated carbocycles. The molecule has 1 aliphatic rings. The van der Waals surface area contributed by atoms with Gasteiger partial charge in [0.05, 0.1) is 12.1 Å². The normalized spacial score (nSPS) is 14.4. The second-order valence-electron chi connectivity index (χ2n) is 2.08. The Balaban J connectivity index is 2.68. The third-order valence-corrected chi connectivity index (χ3v) is 1.44. The highest BCUT2D eigenvalue weighted by Gasteiger charge is 2.10. The van der Waals surface area contributed by atoms with Crippen LogP contribution in [0.25, 0.3) is 6.08 Å². The van der Waals surface area contributed by atoms with E-state index in [1.54, 1.807) is 12.3 Å². The highest BCUT2D eigenvalue weighted by molar-refractivity contribution is 5.51. The molecular formula is C6H6N2O2. The van der Waals surface area contributed by atoms with Gasteiger partial charge in [-0.3, -0.25) is 4.79 Å². The van der Waals surface area contributed by atoms with Gasteiger partial charge in [0, 0.05) is 0 Å². The van der Waals surface area contributed by atoms with Crippen molar-refractivity contribution in [3.05, 3.63) is 27.9 Å². The smallest absolute Gasteiger partial charge is 0.287 e. The molecule has 4 heteroatoms. The molecule has 0 bridgehead atoms. The molecule has 10 heavy (non-hydrogen) atoms. The molecule has 0 amide bonds. The average Bonchev–Trinajstić information content (AvgIpc) is 2.34. The van der Waals surface area contributed by atoms with E-state index in [0.29, 0.717) is 17.9 Å². The Labute approximate surface area is 56.5 Å². The zero-order valence-corrected chi connectivity index (χ0v) is 5.18. The number of hydrogen-bond acceptors (Lipinski definition) is 3. The molecule has 2 rings (SSSR count). The zero-order valence-electron chi connectivity index (χ0n) is 5.18. The van der Waals surface area contributed by atoms with Crippen molar-refractivity contribution in [2.45, 2.75) is 6.54 Å². The van der Waals surface area contributed by atoms with Crippen LogP contribution in [0.1, 0.15) is 11.3 Å². The zero-order chi connectivity index (χ0) is 6.97. The van der Waals surface area contributed by atoms with Crippen LogP contribution >= 0.6 is 0 Å². The van der Waals surface area contributed by atoms with Gasteiger partial charge >= 0.3 is 0 Å². The second-order valence-corrected chi connectivity index (χ2v) is 2.08. The van der Waals surface area contributed by atoms with Crippen LogP contribution in [0.4, 0.5) is 0 Å². The van der Waals surface area contributed by atoms with Crippen LogP contribution in [0.15, 0.2) is 15.5 Å². The monoisotopic (exact) mass is 138 g/mol. The lowest BCUT2D eigenvalue weighted by Crippen LogP contribution is -2.12. The van der Waals surface area contributed by atoms with Gasteiger partial charge in [-0.15, -0.1) is 0 Å². The van der Waals surface area contributed by atoms with Gasteiger partial charge in [0.25, 0.3) is 5.56 Å². The van der Waals surface area contributed by atoms with E-state index in [-0.39, 0.29) is 5.56 Å². The summed E-state index contributed by atoms with van der Waals surface area (Å²) in [5.74, 6) is 0.674. The number of H-pyrrole nitrogens is 1. The summed E-state index contributed by atoms with van der Waals surface area (Å²) in [7, 11) is 0. The Morgan fingerprint density at radius 1 is 1.60 bits per heavy atom. The maximum atomic E-state index is 10.8. The summed E-state index contributed by atoms with van der Waals surface area (Å²) in [6.07, 6.45) is 3.42. The molecule has 1 aromatic heterocycles. The lowest BCUT2D eigenvalue weighted by Gasteiger charge is -2.01. The summed E-state index contributed by atoms with van der Waals surface area (Å²) in [6.45, 7) is 0.588. The summed E-state index contributed by atoms with van der Waals surface area (Å²) in [4.78, 5) is 10.8. The van der Waals surface area contributed by atoms with Crippen LogP contribution in [0.5, 0.6) is 0 Å². The van der Waals surface area contributed by atoms with Gasteiger partial charge in [-0.2, -0.15) is 5.16 Å². The standard InChI is InChI=1S/C6H6N2O2/c9-6-4-1-2-7-3-5(4)10-8-6/h1-2,7H,3H2,(H,8,9). The molecule has 0 aliphatic carbocycles. The number of hydrogen-bond donors (Lipinski definition) is 2. The van der Waals surface area contributed by atoms with Crippen LogP contribution in [0.2, 0.25) is 0 Å². The van der Waals surface area contributed by atoms with Crippen molar-refractivity contribution in [3.63, 3.8) is 0 Å². The van der Waals surface area contributed by atoms with Crippen molar-refractivity contribution in [2.75, 3.05) is 0 Å². The molecule has 52 valence electrons. The van der Waals surface area contributed by atoms with E-state index < -0.39 is 0 Å². The summed E-state index contributed by atoms with van der Waals surface area (Å²) >= 11 is 0. The summed E-state index contributed by atoms with van der Waals surface area (Å²) in [5.41, 5.74) is 0.464. The quantitative estimate of drug-likeness (QED) is 0.532. The molecule has 0 radical (unpaired) electrons. The van der Waals surface area contributed by atoms with Gasteiger partial charge < -0.3 is 9.84 Å². The van der Waals surface area contributed by atoms with Crippen molar-refractivity contribution in [3.8, 4) is 0 Å². The molecule has 2 N–H and O–H groups in total. The van der Waals surface area contributed by atoms with E-state index in [2.05, 4.69) is 10.5 Å². The minimum atomic E-state index is -0.159. The van der Waals surface area contributed by atoms with Gasteiger partial charge in [-0.05, 0) is 12.3 Å². The number of nitrogens with one attached hydrogen (secondary N) is 2. The Bertz CT molecular complexity index is 321. The van der Waals surface area contributed by atoms with Crippen LogP contribution in [-0.4, -0.2) is 5.16 Å². The van der Waals surface area contributed by atoms with E-state index in [4.69, 9.17) is 4.52 Å². The largest absolute Gasteiger partial charge is 0.383 e. The van der Waals surface area contributed by atoms with Crippen molar-refractivity contribution < 1.29 is 4.52 Å².